The van der Waals surface area contributed by atoms with Gasteiger partial charge in [-0.3, -0.25) is 9.36 Å². The number of carboxylic acids is 2. The molecule has 0 aliphatic heterocycles. The Hall–Kier alpha value is -2.33. The van der Waals surface area contributed by atoms with Gasteiger partial charge in [-0.15, -0.1) is 11.8 Å². The molecule has 0 saturated carbocycles. The number of fused-ring (bicyclic) bond motifs is 1. The van der Waals surface area contributed by atoms with Gasteiger partial charge in [-0.1, -0.05) is 37.6 Å². The van der Waals surface area contributed by atoms with Gasteiger partial charge >= 0.3 is 19.5 Å². The number of benzene rings is 1. The van der Waals surface area contributed by atoms with Crippen molar-refractivity contribution in [3.63, 3.8) is 0 Å². The van der Waals surface area contributed by atoms with Gasteiger partial charge in [0.15, 0.2) is 0 Å². The van der Waals surface area contributed by atoms with Crippen LogP contribution in [0, 0.1) is 0 Å². The molecule has 0 fully saturated rings. The van der Waals surface area contributed by atoms with Crippen LogP contribution in [0.4, 0.5) is 0 Å². The summed E-state index contributed by atoms with van der Waals surface area (Å²) in [7, 11) is -4.26. The molecule has 12 heteroatoms. The summed E-state index contributed by atoms with van der Waals surface area (Å²) in [6.45, 7) is 1.93. The summed E-state index contributed by atoms with van der Waals surface area (Å²) in [5.74, 6) is -2.72. The maximum Gasteiger partial charge on any atom is 0.327 e. The molecule has 2 atom stereocenters. The summed E-state index contributed by atoms with van der Waals surface area (Å²) < 4.78 is 12.7. The normalized spacial score (nSPS) is 13.5. The van der Waals surface area contributed by atoms with Crippen LogP contribution in [0.1, 0.15) is 45.1 Å². The summed E-state index contributed by atoms with van der Waals surface area (Å²) >= 11 is 1.12. The first kappa shape index (κ1) is 26.9. The first-order valence-corrected chi connectivity index (χ1v) is 13.3. The molecule has 182 valence electrons. The molecule has 2 rings (SSSR count). The van der Waals surface area contributed by atoms with E-state index < -0.39 is 37.8 Å². The first-order chi connectivity index (χ1) is 15.5. The highest BCUT2D eigenvalue weighted by Crippen LogP contribution is 2.38. The fraction of sp³-hybridized carbons (Fsp3) is 0.476. The Bertz CT molecular complexity index is 1030. The van der Waals surface area contributed by atoms with E-state index in [0.717, 1.165) is 29.0 Å². The largest absolute Gasteiger partial charge is 0.480 e. The SMILES string of the molecule is CCCCC(=O)N[C@@H](CSc1c2ccccc2cn1C(CCCP(=O)(O)O)C(=O)O)C(=O)O. The fourth-order valence-corrected chi connectivity index (χ4v) is 5.16. The lowest BCUT2D eigenvalue weighted by atomic mass is 10.1. The van der Waals surface area contributed by atoms with Gasteiger partial charge in [0.1, 0.15) is 12.1 Å². The number of aliphatic carboxylic acids is 2. The molecule has 0 bridgehead atoms. The van der Waals surface area contributed by atoms with E-state index in [1.165, 1.54) is 4.57 Å². The summed E-state index contributed by atoms with van der Waals surface area (Å²) in [5, 5.41) is 23.8. The minimum Gasteiger partial charge on any atom is -0.480 e. The number of nitrogens with one attached hydrogen (secondary N) is 1. The van der Waals surface area contributed by atoms with Crippen LogP contribution < -0.4 is 5.32 Å². The Labute approximate surface area is 195 Å². The van der Waals surface area contributed by atoms with Crippen LogP contribution in [-0.2, 0) is 18.9 Å². The highest BCUT2D eigenvalue weighted by Gasteiger charge is 2.27. The van der Waals surface area contributed by atoms with Gasteiger partial charge in [-0.2, -0.15) is 0 Å². The maximum absolute atomic E-state index is 12.0. The molecule has 0 aliphatic rings. The van der Waals surface area contributed by atoms with E-state index in [-0.39, 0.29) is 30.9 Å². The van der Waals surface area contributed by atoms with Crippen molar-refractivity contribution in [1.82, 2.24) is 9.88 Å². The van der Waals surface area contributed by atoms with Crippen LogP contribution in [0.5, 0.6) is 0 Å². The molecule has 0 saturated heterocycles. The van der Waals surface area contributed by atoms with Gasteiger partial charge in [0.2, 0.25) is 5.91 Å². The molecule has 10 nitrogen and oxygen atoms in total. The Morgan fingerprint density at radius 1 is 1.12 bits per heavy atom. The highest BCUT2D eigenvalue weighted by atomic mass is 32.2. The molecule has 1 aromatic heterocycles. The molecule has 0 spiro atoms. The Kier molecular flexibility index (Phi) is 9.97. The number of carboxylic acid groups (broad SMARTS) is 2. The Morgan fingerprint density at radius 3 is 2.42 bits per heavy atom. The van der Waals surface area contributed by atoms with E-state index in [2.05, 4.69) is 5.32 Å². The monoisotopic (exact) mass is 500 g/mol. The van der Waals surface area contributed by atoms with Crippen molar-refractivity contribution in [2.45, 2.75) is 56.1 Å². The minimum absolute atomic E-state index is 0.00507. The van der Waals surface area contributed by atoms with Crippen LogP contribution in [0.3, 0.4) is 0 Å². The number of nitrogens with zero attached hydrogens (tertiary/aromatic N) is 1. The third-order valence-corrected chi connectivity index (χ3v) is 7.13. The molecular weight excluding hydrogens is 471 g/mol. The molecule has 1 heterocycles. The van der Waals surface area contributed by atoms with Gasteiger partial charge in [0.25, 0.3) is 0 Å². The Morgan fingerprint density at radius 2 is 1.82 bits per heavy atom. The van der Waals surface area contributed by atoms with Crippen molar-refractivity contribution in [2.24, 2.45) is 0 Å². The van der Waals surface area contributed by atoms with Gasteiger partial charge in [-0.25, -0.2) is 9.59 Å². The molecule has 1 unspecified atom stereocenters. The van der Waals surface area contributed by atoms with Crippen LogP contribution in [0.25, 0.3) is 10.8 Å². The van der Waals surface area contributed by atoms with E-state index in [1.807, 2.05) is 6.92 Å². The average Bonchev–Trinajstić information content (AvgIpc) is 3.09. The molecule has 0 radical (unpaired) electrons. The fourth-order valence-electron chi connectivity index (χ4n) is 3.35. The quantitative estimate of drug-likeness (QED) is 0.193. The second kappa shape index (κ2) is 12.2. The summed E-state index contributed by atoms with van der Waals surface area (Å²) in [6.07, 6.45) is 2.89. The van der Waals surface area contributed by atoms with E-state index >= 15 is 0 Å². The second-order valence-corrected chi connectivity index (χ2v) is 10.5. The van der Waals surface area contributed by atoms with Crippen LogP contribution in [-0.4, -0.2) is 60.4 Å². The van der Waals surface area contributed by atoms with Crippen molar-refractivity contribution in [3.05, 3.63) is 30.5 Å². The lowest BCUT2D eigenvalue weighted by Crippen LogP contribution is -2.42. The predicted octanol–water partition coefficient (Wildman–Crippen LogP) is 3.08. The number of hydrogen-bond acceptors (Lipinski definition) is 5. The zero-order valence-corrected chi connectivity index (χ0v) is 19.9. The minimum atomic E-state index is -4.26. The molecule has 33 heavy (non-hydrogen) atoms. The number of carbonyl (C=O) groups excluding carboxylic acids is 1. The lowest BCUT2D eigenvalue weighted by molar-refractivity contribution is -0.141. The topological polar surface area (TPSA) is 166 Å². The molecule has 1 amide bonds. The highest BCUT2D eigenvalue weighted by molar-refractivity contribution is 7.99. The van der Waals surface area contributed by atoms with Crippen molar-refractivity contribution in [3.8, 4) is 0 Å². The third kappa shape index (κ3) is 8.19. The van der Waals surface area contributed by atoms with Gasteiger partial charge in [0.05, 0.1) is 5.03 Å². The van der Waals surface area contributed by atoms with Gasteiger partial charge < -0.3 is 29.9 Å². The van der Waals surface area contributed by atoms with Crippen LogP contribution in [0.15, 0.2) is 35.5 Å². The molecule has 5 N–H and O–H groups in total. The average molecular weight is 501 g/mol. The Balaban J connectivity index is 2.29. The van der Waals surface area contributed by atoms with E-state index in [0.29, 0.717) is 11.4 Å². The van der Waals surface area contributed by atoms with E-state index in [4.69, 9.17) is 9.79 Å². The number of hydrogen-bond donors (Lipinski definition) is 5. The summed E-state index contributed by atoms with van der Waals surface area (Å²) in [4.78, 5) is 53.9. The summed E-state index contributed by atoms with van der Waals surface area (Å²) in [6, 6.07) is 4.91. The van der Waals surface area contributed by atoms with Crippen molar-refractivity contribution in [2.75, 3.05) is 11.9 Å². The number of aromatic nitrogens is 1. The van der Waals surface area contributed by atoms with Gasteiger partial charge in [0, 0.05) is 35.3 Å². The third-order valence-electron chi connectivity index (χ3n) is 5.03. The standard InChI is InChI=1S/C21H29N2O8PS/c1-2-3-10-18(24)22-16(20(25)26)13-33-19-15-8-5-4-7-14(15)12-23(19)17(21(27)28)9-6-11-32(29,30)31/h4-5,7-8,12,16-17H,2-3,6,9-11,13H2,1H3,(H,22,24)(H,25,26)(H,27,28)(H2,29,30,31)/t16-,17?/m0/s1. The van der Waals surface area contributed by atoms with Gasteiger partial charge in [-0.05, 0) is 19.3 Å². The lowest BCUT2D eigenvalue weighted by Gasteiger charge is -2.19. The second-order valence-electron chi connectivity index (χ2n) is 7.69. The predicted molar refractivity (Wildman–Crippen MR) is 125 cm³/mol. The zero-order valence-electron chi connectivity index (χ0n) is 18.2. The number of amides is 1. The maximum atomic E-state index is 12.0. The van der Waals surface area contributed by atoms with Crippen molar-refractivity contribution < 1.29 is 38.9 Å². The van der Waals surface area contributed by atoms with Crippen molar-refractivity contribution >= 4 is 48.0 Å². The smallest absolute Gasteiger partial charge is 0.327 e. The zero-order chi connectivity index (χ0) is 24.6. The number of unbranched alkanes of at least 4 members (excludes halogenated alkanes) is 1. The van der Waals surface area contributed by atoms with Crippen molar-refractivity contribution in [1.29, 1.82) is 0 Å². The number of carbonyl (C=O) groups is 3. The summed E-state index contributed by atoms with van der Waals surface area (Å²) in [5.41, 5.74) is 0. The molecule has 2 aromatic rings. The van der Waals surface area contributed by atoms with Crippen LogP contribution in [0.2, 0.25) is 0 Å². The number of thioether (sulfide) groups is 1. The molecule has 1 aromatic carbocycles. The number of rotatable bonds is 14. The van der Waals surface area contributed by atoms with Crippen LogP contribution >= 0.6 is 19.4 Å². The van der Waals surface area contributed by atoms with E-state index in [1.54, 1.807) is 30.5 Å². The van der Waals surface area contributed by atoms with E-state index in [9.17, 15) is 29.2 Å². The first-order valence-electron chi connectivity index (χ1n) is 10.6. The molecular formula is C21H29N2O8PS. The molecule has 0 aliphatic carbocycles.